The van der Waals surface area contributed by atoms with Crippen LogP contribution in [0.25, 0.3) is 0 Å². The maximum Gasteiger partial charge on any atom is 0.231 e. The Morgan fingerprint density at radius 2 is 1.92 bits per heavy atom. The molecule has 126 valence electrons. The van der Waals surface area contributed by atoms with Gasteiger partial charge in [0.25, 0.3) is 0 Å². The first-order chi connectivity index (χ1) is 11.7. The average molecular weight is 328 g/mol. The lowest BCUT2D eigenvalue weighted by Gasteiger charge is -2.08. The zero-order chi connectivity index (χ0) is 16.8. The third kappa shape index (κ3) is 4.17. The summed E-state index contributed by atoms with van der Waals surface area (Å²) < 4.78 is 15.7. The molecule has 0 spiro atoms. The quantitative estimate of drug-likeness (QED) is 0.765. The second kappa shape index (κ2) is 7.70. The lowest BCUT2D eigenvalue weighted by atomic mass is 10.2. The molecule has 1 amide bonds. The van der Waals surface area contributed by atoms with E-state index in [2.05, 4.69) is 10.6 Å². The van der Waals surface area contributed by atoms with Crippen molar-refractivity contribution >= 4 is 11.6 Å². The van der Waals surface area contributed by atoms with Gasteiger partial charge in [0, 0.05) is 31.3 Å². The highest BCUT2D eigenvalue weighted by Crippen LogP contribution is 2.34. The van der Waals surface area contributed by atoms with Crippen LogP contribution in [0.5, 0.6) is 17.2 Å². The Bertz CT molecular complexity index is 701. The summed E-state index contributed by atoms with van der Waals surface area (Å²) in [4.78, 5) is 12.0. The molecule has 0 saturated carbocycles. The minimum atomic E-state index is -0.0453. The third-order valence-electron chi connectivity index (χ3n) is 3.67. The summed E-state index contributed by atoms with van der Waals surface area (Å²) in [6.07, 6.45) is 0.393. The third-order valence-corrected chi connectivity index (χ3v) is 3.67. The summed E-state index contributed by atoms with van der Waals surface area (Å²) in [5, 5.41) is 6.11. The Hall–Kier alpha value is -2.73. The zero-order valence-electron chi connectivity index (χ0n) is 13.5. The lowest BCUT2D eigenvalue weighted by Crippen LogP contribution is -2.21. The number of benzene rings is 2. The smallest absolute Gasteiger partial charge is 0.231 e. The van der Waals surface area contributed by atoms with Crippen molar-refractivity contribution in [3.05, 3.63) is 48.0 Å². The van der Waals surface area contributed by atoms with Crippen molar-refractivity contribution < 1.29 is 19.0 Å². The Kier molecular flexibility index (Phi) is 5.18. The molecule has 2 aromatic carbocycles. The van der Waals surface area contributed by atoms with Crippen LogP contribution in [0.3, 0.4) is 0 Å². The van der Waals surface area contributed by atoms with Crippen LogP contribution in [0.15, 0.2) is 42.5 Å². The molecule has 24 heavy (non-hydrogen) atoms. The summed E-state index contributed by atoms with van der Waals surface area (Å²) in [6.45, 7) is 1.53. The van der Waals surface area contributed by atoms with Crippen molar-refractivity contribution in [1.82, 2.24) is 5.32 Å². The van der Waals surface area contributed by atoms with E-state index in [0.29, 0.717) is 36.7 Å². The van der Waals surface area contributed by atoms with Gasteiger partial charge in [-0.3, -0.25) is 4.79 Å². The van der Waals surface area contributed by atoms with E-state index in [0.717, 1.165) is 11.3 Å². The van der Waals surface area contributed by atoms with Gasteiger partial charge in [-0.25, -0.2) is 0 Å². The summed E-state index contributed by atoms with van der Waals surface area (Å²) in [7, 11) is 1.64. The summed E-state index contributed by atoms with van der Waals surface area (Å²) >= 11 is 0. The molecular formula is C18H20N2O4. The molecule has 3 rings (SSSR count). The van der Waals surface area contributed by atoms with Crippen LogP contribution < -0.4 is 24.8 Å². The topological polar surface area (TPSA) is 68.8 Å². The van der Waals surface area contributed by atoms with Crippen LogP contribution in [0.4, 0.5) is 5.69 Å². The first-order valence-corrected chi connectivity index (χ1v) is 7.78. The fourth-order valence-corrected chi connectivity index (χ4v) is 2.38. The Balaban J connectivity index is 1.39. The van der Waals surface area contributed by atoms with Gasteiger partial charge in [-0.15, -0.1) is 0 Å². The molecule has 1 aliphatic rings. The van der Waals surface area contributed by atoms with E-state index in [1.165, 1.54) is 0 Å². The van der Waals surface area contributed by atoms with E-state index in [1.807, 2.05) is 24.3 Å². The second-order valence-electron chi connectivity index (χ2n) is 5.39. The first kappa shape index (κ1) is 16.1. The average Bonchev–Trinajstić information content (AvgIpc) is 3.07. The minimum absolute atomic E-state index is 0.0453. The standard InChI is InChI=1S/C18H20N2O4/c1-22-15-5-2-13(3-6-15)11-19-9-8-18(21)20-14-4-7-16-17(10-14)24-12-23-16/h2-7,10,19H,8-9,11-12H2,1H3,(H,20,21). The molecule has 0 saturated heterocycles. The predicted octanol–water partition coefficient (Wildman–Crippen LogP) is 2.54. The fourth-order valence-electron chi connectivity index (χ4n) is 2.38. The number of ether oxygens (including phenoxy) is 3. The van der Waals surface area contributed by atoms with E-state index in [1.54, 1.807) is 25.3 Å². The van der Waals surface area contributed by atoms with Crippen LogP contribution in [0.1, 0.15) is 12.0 Å². The second-order valence-corrected chi connectivity index (χ2v) is 5.39. The van der Waals surface area contributed by atoms with Gasteiger partial charge in [-0.1, -0.05) is 12.1 Å². The number of amides is 1. The van der Waals surface area contributed by atoms with E-state index >= 15 is 0 Å². The van der Waals surface area contributed by atoms with Crippen LogP contribution in [0.2, 0.25) is 0 Å². The molecule has 1 heterocycles. The molecule has 6 nitrogen and oxygen atoms in total. The normalized spacial score (nSPS) is 12.0. The number of methoxy groups -OCH3 is 1. The number of carbonyl (C=O) groups is 1. The van der Waals surface area contributed by atoms with E-state index in [-0.39, 0.29) is 12.7 Å². The number of hydrogen-bond donors (Lipinski definition) is 2. The van der Waals surface area contributed by atoms with E-state index in [4.69, 9.17) is 14.2 Å². The Morgan fingerprint density at radius 1 is 1.12 bits per heavy atom. The maximum atomic E-state index is 12.0. The van der Waals surface area contributed by atoms with Crippen LogP contribution in [-0.2, 0) is 11.3 Å². The lowest BCUT2D eigenvalue weighted by molar-refractivity contribution is -0.116. The van der Waals surface area contributed by atoms with E-state index in [9.17, 15) is 4.79 Å². The molecule has 2 N–H and O–H groups in total. The van der Waals surface area contributed by atoms with Crippen molar-refractivity contribution in [3.63, 3.8) is 0 Å². The maximum absolute atomic E-state index is 12.0. The minimum Gasteiger partial charge on any atom is -0.497 e. The summed E-state index contributed by atoms with van der Waals surface area (Å²) in [5.74, 6) is 2.15. The van der Waals surface area contributed by atoms with E-state index < -0.39 is 0 Å². The van der Waals surface area contributed by atoms with Crippen LogP contribution >= 0.6 is 0 Å². The number of rotatable bonds is 7. The van der Waals surface area contributed by atoms with Crippen molar-refractivity contribution in [3.8, 4) is 17.2 Å². The highest BCUT2D eigenvalue weighted by molar-refractivity contribution is 5.91. The van der Waals surface area contributed by atoms with Gasteiger partial charge >= 0.3 is 0 Å². The zero-order valence-corrected chi connectivity index (χ0v) is 13.5. The molecule has 0 bridgehead atoms. The van der Waals surface area contributed by atoms with Gasteiger partial charge in [0.15, 0.2) is 11.5 Å². The molecule has 0 fully saturated rings. The number of carbonyl (C=O) groups excluding carboxylic acids is 1. The monoisotopic (exact) mass is 328 g/mol. The summed E-state index contributed by atoms with van der Waals surface area (Å²) in [6, 6.07) is 13.2. The summed E-state index contributed by atoms with van der Waals surface area (Å²) in [5.41, 5.74) is 1.85. The van der Waals surface area contributed by atoms with Crippen molar-refractivity contribution in [1.29, 1.82) is 0 Å². The van der Waals surface area contributed by atoms with Gasteiger partial charge in [-0.2, -0.15) is 0 Å². The molecule has 0 aliphatic carbocycles. The van der Waals surface area contributed by atoms with Crippen LogP contribution in [-0.4, -0.2) is 26.4 Å². The molecule has 0 unspecified atom stereocenters. The fraction of sp³-hybridized carbons (Fsp3) is 0.278. The number of fused-ring (bicyclic) bond motifs is 1. The first-order valence-electron chi connectivity index (χ1n) is 7.78. The molecule has 0 atom stereocenters. The van der Waals surface area contributed by atoms with Gasteiger partial charge in [0.1, 0.15) is 5.75 Å². The van der Waals surface area contributed by atoms with Crippen LogP contribution in [0, 0.1) is 0 Å². The van der Waals surface area contributed by atoms with Crippen molar-refractivity contribution in [2.24, 2.45) is 0 Å². The molecule has 1 aliphatic heterocycles. The molecule has 6 heteroatoms. The largest absolute Gasteiger partial charge is 0.497 e. The SMILES string of the molecule is COc1ccc(CNCCC(=O)Nc2ccc3c(c2)OCO3)cc1. The van der Waals surface area contributed by atoms with Gasteiger partial charge < -0.3 is 24.8 Å². The highest BCUT2D eigenvalue weighted by Gasteiger charge is 2.13. The Morgan fingerprint density at radius 3 is 2.71 bits per heavy atom. The molecule has 0 radical (unpaired) electrons. The number of nitrogens with one attached hydrogen (secondary N) is 2. The van der Waals surface area contributed by atoms with Gasteiger partial charge in [0.2, 0.25) is 12.7 Å². The van der Waals surface area contributed by atoms with Gasteiger partial charge in [-0.05, 0) is 29.8 Å². The molecule has 2 aromatic rings. The Labute approximate surface area is 140 Å². The van der Waals surface area contributed by atoms with Crippen molar-refractivity contribution in [2.75, 3.05) is 25.8 Å². The predicted molar refractivity (Wildman–Crippen MR) is 90.5 cm³/mol. The molecule has 0 aromatic heterocycles. The molecular weight excluding hydrogens is 308 g/mol. The highest BCUT2D eigenvalue weighted by atomic mass is 16.7. The number of hydrogen-bond acceptors (Lipinski definition) is 5. The van der Waals surface area contributed by atoms with Crippen molar-refractivity contribution in [2.45, 2.75) is 13.0 Å². The number of anilines is 1. The van der Waals surface area contributed by atoms with Gasteiger partial charge in [0.05, 0.1) is 7.11 Å².